The first-order chi connectivity index (χ1) is 13.1. The molecule has 0 spiro atoms. The van der Waals surface area contributed by atoms with Gasteiger partial charge in [0.25, 0.3) is 5.91 Å². The van der Waals surface area contributed by atoms with Crippen LogP contribution in [-0.2, 0) is 17.6 Å². The van der Waals surface area contributed by atoms with Crippen LogP contribution in [0.1, 0.15) is 27.0 Å². The summed E-state index contributed by atoms with van der Waals surface area (Å²) in [5.41, 5.74) is 3.51. The highest BCUT2D eigenvalue weighted by molar-refractivity contribution is 5.98. The molecule has 27 heavy (non-hydrogen) atoms. The number of nitrogens with zero attached hydrogens (tertiary/aromatic N) is 1. The van der Waals surface area contributed by atoms with E-state index in [1.807, 2.05) is 61.5 Å². The highest BCUT2D eigenvalue weighted by Crippen LogP contribution is 2.12. The minimum Gasteiger partial charge on any atom is -0.342 e. The van der Waals surface area contributed by atoms with Gasteiger partial charge >= 0.3 is 0 Å². The van der Waals surface area contributed by atoms with Gasteiger partial charge in [-0.3, -0.25) is 14.6 Å². The van der Waals surface area contributed by atoms with Gasteiger partial charge in [0.2, 0.25) is 0 Å². The summed E-state index contributed by atoms with van der Waals surface area (Å²) in [6, 6.07) is 20.3. The molecule has 3 rings (SSSR count). The number of Topliss-reactive ketones (excluding diaryl/α,β-unsaturated/α-hetero) is 1. The van der Waals surface area contributed by atoms with Gasteiger partial charge in [0.05, 0.1) is 11.6 Å². The lowest BCUT2D eigenvalue weighted by molar-refractivity contribution is -0.120. The Morgan fingerprint density at radius 3 is 2.41 bits per heavy atom. The summed E-state index contributed by atoms with van der Waals surface area (Å²) in [6.45, 7) is 1.99. The van der Waals surface area contributed by atoms with E-state index in [2.05, 4.69) is 10.3 Å². The van der Waals surface area contributed by atoms with E-state index in [-0.39, 0.29) is 18.1 Å². The van der Waals surface area contributed by atoms with Crippen molar-refractivity contribution in [1.29, 1.82) is 0 Å². The maximum atomic E-state index is 13.0. The molecule has 0 bridgehead atoms. The standard InChI is InChI=1S/C23H22N2O2/c1-17-8-5-6-11-19(17)15-22(26)21(14-18-9-3-2-4-10-18)25-23(27)20-12-7-13-24-16-20/h2-13,16,21H,14-15H2,1H3,(H,25,27). The van der Waals surface area contributed by atoms with Crippen molar-refractivity contribution >= 4 is 11.7 Å². The molecular formula is C23H22N2O2. The predicted molar refractivity (Wildman–Crippen MR) is 106 cm³/mol. The zero-order chi connectivity index (χ0) is 19.1. The molecule has 4 nitrogen and oxygen atoms in total. The van der Waals surface area contributed by atoms with Crippen molar-refractivity contribution in [2.24, 2.45) is 0 Å². The van der Waals surface area contributed by atoms with Crippen LogP contribution in [-0.4, -0.2) is 22.7 Å². The van der Waals surface area contributed by atoms with E-state index >= 15 is 0 Å². The van der Waals surface area contributed by atoms with Crippen molar-refractivity contribution in [3.63, 3.8) is 0 Å². The van der Waals surface area contributed by atoms with Crippen molar-refractivity contribution in [1.82, 2.24) is 10.3 Å². The van der Waals surface area contributed by atoms with E-state index in [0.717, 1.165) is 16.7 Å². The molecule has 136 valence electrons. The Labute approximate surface area is 159 Å². The van der Waals surface area contributed by atoms with Crippen LogP contribution in [0, 0.1) is 6.92 Å². The molecule has 0 fully saturated rings. The molecule has 3 aromatic rings. The molecule has 1 heterocycles. The number of carbonyl (C=O) groups excluding carboxylic acids is 2. The number of amides is 1. The Morgan fingerprint density at radius 2 is 1.70 bits per heavy atom. The van der Waals surface area contributed by atoms with Gasteiger partial charge in [-0.05, 0) is 42.2 Å². The first-order valence-electron chi connectivity index (χ1n) is 8.95. The number of hydrogen-bond acceptors (Lipinski definition) is 3. The van der Waals surface area contributed by atoms with Crippen LogP contribution in [0.5, 0.6) is 0 Å². The molecule has 1 aromatic heterocycles. The van der Waals surface area contributed by atoms with Gasteiger partial charge in [-0.15, -0.1) is 0 Å². The van der Waals surface area contributed by atoms with Crippen LogP contribution in [0.4, 0.5) is 0 Å². The largest absolute Gasteiger partial charge is 0.342 e. The van der Waals surface area contributed by atoms with Gasteiger partial charge < -0.3 is 5.32 Å². The highest BCUT2D eigenvalue weighted by atomic mass is 16.2. The average Bonchev–Trinajstić information content (AvgIpc) is 2.70. The van der Waals surface area contributed by atoms with Crippen molar-refractivity contribution in [3.8, 4) is 0 Å². The van der Waals surface area contributed by atoms with Gasteiger partial charge in [-0.1, -0.05) is 54.6 Å². The summed E-state index contributed by atoms with van der Waals surface area (Å²) in [5.74, 6) is -0.299. The normalized spacial score (nSPS) is 11.6. The van der Waals surface area contributed by atoms with Crippen molar-refractivity contribution in [2.45, 2.75) is 25.8 Å². The van der Waals surface area contributed by atoms with E-state index in [9.17, 15) is 9.59 Å². The fourth-order valence-electron chi connectivity index (χ4n) is 2.95. The summed E-state index contributed by atoms with van der Waals surface area (Å²) >= 11 is 0. The monoisotopic (exact) mass is 358 g/mol. The van der Waals surface area contributed by atoms with Crippen molar-refractivity contribution in [2.75, 3.05) is 0 Å². The van der Waals surface area contributed by atoms with E-state index < -0.39 is 6.04 Å². The van der Waals surface area contributed by atoms with Crippen LogP contribution in [0.15, 0.2) is 79.1 Å². The number of aryl methyl sites for hydroxylation is 1. The Balaban J connectivity index is 1.79. The summed E-state index contributed by atoms with van der Waals surface area (Å²) in [4.78, 5) is 29.5. The topological polar surface area (TPSA) is 59.1 Å². The average molecular weight is 358 g/mol. The predicted octanol–water partition coefficient (Wildman–Crippen LogP) is 3.54. The quantitative estimate of drug-likeness (QED) is 0.703. The zero-order valence-electron chi connectivity index (χ0n) is 15.3. The molecule has 4 heteroatoms. The summed E-state index contributed by atoms with van der Waals surface area (Å²) < 4.78 is 0. The first kappa shape index (κ1) is 18.5. The second-order valence-corrected chi connectivity index (χ2v) is 6.53. The zero-order valence-corrected chi connectivity index (χ0v) is 15.3. The van der Waals surface area contributed by atoms with Crippen LogP contribution in [0.3, 0.4) is 0 Å². The molecule has 0 saturated carbocycles. The SMILES string of the molecule is Cc1ccccc1CC(=O)C(Cc1ccccc1)NC(=O)c1cccnc1. The van der Waals surface area contributed by atoms with E-state index in [1.54, 1.807) is 18.3 Å². The molecule has 1 N–H and O–H groups in total. The first-order valence-corrected chi connectivity index (χ1v) is 8.95. The molecule has 0 saturated heterocycles. The molecule has 2 aromatic carbocycles. The number of rotatable bonds is 7. The lowest BCUT2D eigenvalue weighted by atomic mass is 9.95. The van der Waals surface area contributed by atoms with Gasteiger partial charge in [-0.25, -0.2) is 0 Å². The second-order valence-electron chi connectivity index (χ2n) is 6.53. The van der Waals surface area contributed by atoms with E-state index in [1.165, 1.54) is 6.20 Å². The molecule has 0 radical (unpaired) electrons. The van der Waals surface area contributed by atoms with Crippen LogP contribution in [0.2, 0.25) is 0 Å². The van der Waals surface area contributed by atoms with Gasteiger partial charge in [0, 0.05) is 18.8 Å². The van der Waals surface area contributed by atoms with Crippen LogP contribution < -0.4 is 5.32 Å². The third-order valence-electron chi connectivity index (χ3n) is 4.53. The smallest absolute Gasteiger partial charge is 0.253 e. The molecule has 0 aliphatic carbocycles. The number of aromatic nitrogens is 1. The van der Waals surface area contributed by atoms with Crippen molar-refractivity contribution < 1.29 is 9.59 Å². The minimum absolute atomic E-state index is 0.00890. The van der Waals surface area contributed by atoms with Gasteiger partial charge in [-0.2, -0.15) is 0 Å². The molecular weight excluding hydrogens is 336 g/mol. The number of pyridine rings is 1. The van der Waals surface area contributed by atoms with Gasteiger partial charge in [0.15, 0.2) is 5.78 Å². The maximum absolute atomic E-state index is 13.0. The number of hydrogen-bond donors (Lipinski definition) is 1. The number of benzene rings is 2. The van der Waals surface area contributed by atoms with Gasteiger partial charge in [0.1, 0.15) is 0 Å². The molecule has 1 unspecified atom stereocenters. The third-order valence-corrected chi connectivity index (χ3v) is 4.53. The molecule has 1 amide bonds. The Morgan fingerprint density at radius 1 is 0.963 bits per heavy atom. The number of nitrogens with one attached hydrogen (secondary N) is 1. The van der Waals surface area contributed by atoms with Crippen molar-refractivity contribution in [3.05, 3.63) is 101 Å². The second kappa shape index (κ2) is 8.90. The molecule has 0 aliphatic rings. The maximum Gasteiger partial charge on any atom is 0.253 e. The number of ketones is 1. The Bertz CT molecular complexity index is 908. The summed E-state index contributed by atoms with van der Waals surface area (Å²) in [7, 11) is 0. The minimum atomic E-state index is -0.597. The Hall–Kier alpha value is -3.27. The molecule has 1 atom stereocenters. The van der Waals surface area contributed by atoms with Crippen LogP contribution >= 0.6 is 0 Å². The summed E-state index contributed by atoms with van der Waals surface area (Å²) in [6.07, 6.45) is 3.86. The molecule has 0 aliphatic heterocycles. The summed E-state index contributed by atoms with van der Waals surface area (Å²) in [5, 5.41) is 2.89. The van der Waals surface area contributed by atoms with E-state index in [0.29, 0.717) is 12.0 Å². The third kappa shape index (κ3) is 5.11. The van der Waals surface area contributed by atoms with E-state index in [4.69, 9.17) is 0 Å². The Kier molecular flexibility index (Phi) is 6.10. The number of carbonyl (C=O) groups is 2. The fourth-order valence-corrected chi connectivity index (χ4v) is 2.95. The fraction of sp³-hybridized carbons (Fsp3) is 0.174. The lowest BCUT2D eigenvalue weighted by Crippen LogP contribution is -2.43. The highest BCUT2D eigenvalue weighted by Gasteiger charge is 2.22. The van der Waals surface area contributed by atoms with Crippen LogP contribution in [0.25, 0.3) is 0 Å². The lowest BCUT2D eigenvalue weighted by Gasteiger charge is -2.18.